The third kappa shape index (κ3) is 7.31. The summed E-state index contributed by atoms with van der Waals surface area (Å²) in [5, 5.41) is 6.10. The zero-order valence-electron chi connectivity index (χ0n) is 10.7. The third-order valence-corrected chi connectivity index (χ3v) is 2.91. The molecule has 0 aromatic heterocycles. The van der Waals surface area contributed by atoms with Gasteiger partial charge in [-0.3, -0.25) is 4.79 Å². The Morgan fingerprint density at radius 3 is 3.06 bits per heavy atom. The summed E-state index contributed by atoms with van der Waals surface area (Å²) in [6.45, 7) is 4.39. The fraction of sp³-hybridized carbons (Fsp3) is 0.917. The SMILES string of the molecule is COCCCNC(=O)COCCC1CCNC1. The van der Waals surface area contributed by atoms with Crippen LogP contribution in [0.25, 0.3) is 0 Å². The summed E-state index contributed by atoms with van der Waals surface area (Å²) in [6.07, 6.45) is 3.12. The highest BCUT2D eigenvalue weighted by molar-refractivity contribution is 5.77. The molecule has 1 unspecified atom stereocenters. The van der Waals surface area contributed by atoms with Crippen LogP contribution in [0.3, 0.4) is 0 Å². The molecule has 1 heterocycles. The smallest absolute Gasteiger partial charge is 0.245 e. The molecule has 5 heteroatoms. The minimum absolute atomic E-state index is 0.0364. The molecule has 1 aliphatic rings. The van der Waals surface area contributed by atoms with Gasteiger partial charge in [0.2, 0.25) is 5.91 Å². The zero-order valence-corrected chi connectivity index (χ0v) is 10.7. The second kappa shape index (κ2) is 9.39. The van der Waals surface area contributed by atoms with Crippen LogP contribution in [0.15, 0.2) is 0 Å². The molecule has 0 radical (unpaired) electrons. The van der Waals surface area contributed by atoms with Crippen LogP contribution in [-0.4, -0.2) is 52.5 Å². The highest BCUT2D eigenvalue weighted by atomic mass is 16.5. The number of ether oxygens (including phenoxy) is 2. The maximum atomic E-state index is 11.3. The molecule has 0 saturated carbocycles. The van der Waals surface area contributed by atoms with Gasteiger partial charge >= 0.3 is 0 Å². The highest BCUT2D eigenvalue weighted by Gasteiger charge is 2.13. The highest BCUT2D eigenvalue weighted by Crippen LogP contribution is 2.11. The van der Waals surface area contributed by atoms with Gasteiger partial charge in [-0.2, -0.15) is 0 Å². The largest absolute Gasteiger partial charge is 0.385 e. The standard InChI is InChI=1S/C12H24N2O3/c1-16-7-2-5-14-12(15)10-17-8-4-11-3-6-13-9-11/h11,13H,2-10H2,1H3,(H,14,15). The molecule has 1 aliphatic heterocycles. The summed E-state index contributed by atoms with van der Waals surface area (Å²) in [6, 6.07) is 0. The van der Waals surface area contributed by atoms with E-state index in [4.69, 9.17) is 9.47 Å². The molecule has 1 fully saturated rings. The molecular formula is C12H24N2O3. The van der Waals surface area contributed by atoms with Crippen LogP contribution in [0, 0.1) is 5.92 Å². The van der Waals surface area contributed by atoms with Crippen molar-refractivity contribution in [2.75, 3.05) is 46.6 Å². The van der Waals surface area contributed by atoms with E-state index >= 15 is 0 Å². The molecule has 100 valence electrons. The van der Waals surface area contributed by atoms with E-state index in [-0.39, 0.29) is 12.5 Å². The summed E-state index contributed by atoms with van der Waals surface area (Å²) in [5.41, 5.74) is 0. The Balaban J connectivity index is 1.85. The van der Waals surface area contributed by atoms with Crippen molar-refractivity contribution in [2.24, 2.45) is 5.92 Å². The van der Waals surface area contributed by atoms with Crippen LogP contribution in [0.1, 0.15) is 19.3 Å². The predicted molar refractivity (Wildman–Crippen MR) is 65.9 cm³/mol. The first-order valence-corrected chi connectivity index (χ1v) is 6.37. The van der Waals surface area contributed by atoms with Gasteiger partial charge in [-0.1, -0.05) is 0 Å². The van der Waals surface area contributed by atoms with Crippen molar-refractivity contribution in [1.29, 1.82) is 0 Å². The fourth-order valence-corrected chi connectivity index (χ4v) is 1.87. The maximum Gasteiger partial charge on any atom is 0.245 e. The fourth-order valence-electron chi connectivity index (χ4n) is 1.87. The van der Waals surface area contributed by atoms with Crippen LogP contribution in [0.5, 0.6) is 0 Å². The first-order valence-electron chi connectivity index (χ1n) is 6.37. The minimum Gasteiger partial charge on any atom is -0.385 e. The minimum atomic E-state index is -0.0364. The van der Waals surface area contributed by atoms with Gasteiger partial charge < -0.3 is 20.1 Å². The molecule has 1 saturated heterocycles. The quantitative estimate of drug-likeness (QED) is 0.567. The lowest BCUT2D eigenvalue weighted by Crippen LogP contribution is -2.29. The molecule has 17 heavy (non-hydrogen) atoms. The van der Waals surface area contributed by atoms with Crippen LogP contribution < -0.4 is 10.6 Å². The molecule has 1 rings (SSSR count). The Morgan fingerprint density at radius 2 is 2.35 bits per heavy atom. The number of nitrogens with one attached hydrogen (secondary N) is 2. The van der Waals surface area contributed by atoms with E-state index in [0.29, 0.717) is 19.8 Å². The monoisotopic (exact) mass is 244 g/mol. The lowest BCUT2D eigenvalue weighted by Gasteiger charge is -2.09. The zero-order chi connectivity index (χ0) is 12.3. The summed E-state index contributed by atoms with van der Waals surface area (Å²) in [5.74, 6) is 0.686. The van der Waals surface area contributed by atoms with E-state index in [9.17, 15) is 4.79 Å². The predicted octanol–water partition coefficient (Wildman–Crippen LogP) is 0.155. The molecular weight excluding hydrogens is 220 g/mol. The van der Waals surface area contributed by atoms with E-state index in [1.54, 1.807) is 7.11 Å². The molecule has 2 N–H and O–H groups in total. The summed E-state index contributed by atoms with van der Waals surface area (Å²) >= 11 is 0. The van der Waals surface area contributed by atoms with Gasteiger partial charge in [0, 0.05) is 26.9 Å². The van der Waals surface area contributed by atoms with E-state index < -0.39 is 0 Å². The second-order valence-electron chi connectivity index (χ2n) is 4.40. The number of amides is 1. The summed E-state index contributed by atoms with van der Waals surface area (Å²) in [7, 11) is 1.66. The molecule has 0 aromatic carbocycles. The van der Waals surface area contributed by atoms with E-state index in [2.05, 4.69) is 10.6 Å². The Hall–Kier alpha value is -0.650. The average Bonchev–Trinajstić information content (AvgIpc) is 2.83. The van der Waals surface area contributed by atoms with E-state index in [1.165, 1.54) is 6.42 Å². The topological polar surface area (TPSA) is 59.6 Å². The molecule has 1 amide bonds. The molecule has 0 aromatic rings. The van der Waals surface area contributed by atoms with Gasteiger partial charge in [0.25, 0.3) is 0 Å². The third-order valence-electron chi connectivity index (χ3n) is 2.91. The van der Waals surface area contributed by atoms with Gasteiger partial charge in [0.05, 0.1) is 0 Å². The van der Waals surface area contributed by atoms with E-state index in [0.717, 1.165) is 31.8 Å². The average molecular weight is 244 g/mol. The first kappa shape index (κ1) is 14.4. The number of carbonyl (C=O) groups is 1. The Bertz CT molecular complexity index is 206. The number of hydrogen-bond donors (Lipinski definition) is 2. The molecule has 1 atom stereocenters. The summed E-state index contributed by atoms with van der Waals surface area (Å²) < 4.78 is 10.2. The van der Waals surface area contributed by atoms with Gasteiger partial charge in [-0.15, -0.1) is 0 Å². The van der Waals surface area contributed by atoms with Crippen LogP contribution in [0.2, 0.25) is 0 Å². The van der Waals surface area contributed by atoms with Crippen molar-refractivity contribution in [3.8, 4) is 0 Å². The summed E-state index contributed by atoms with van der Waals surface area (Å²) in [4.78, 5) is 11.3. The van der Waals surface area contributed by atoms with Crippen molar-refractivity contribution < 1.29 is 14.3 Å². The van der Waals surface area contributed by atoms with Crippen LogP contribution in [0.4, 0.5) is 0 Å². The second-order valence-corrected chi connectivity index (χ2v) is 4.40. The number of carbonyl (C=O) groups excluding carboxylic acids is 1. The van der Waals surface area contributed by atoms with Gasteiger partial charge in [0.1, 0.15) is 6.61 Å². The van der Waals surface area contributed by atoms with Gasteiger partial charge in [-0.25, -0.2) is 0 Å². The van der Waals surface area contributed by atoms with Crippen LogP contribution in [-0.2, 0) is 14.3 Å². The number of methoxy groups -OCH3 is 1. The van der Waals surface area contributed by atoms with Gasteiger partial charge in [0.15, 0.2) is 0 Å². The van der Waals surface area contributed by atoms with Crippen molar-refractivity contribution in [2.45, 2.75) is 19.3 Å². The molecule has 5 nitrogen and oxygen atoms in total. The van der Waals surface area contributed by atoms with Crippen molar-refractivity contribution in [3.05, 3.63) is 0 Å². The molecule has 0 aliphatic carbocycles. The maximum absolute atomic E-state index is 11.3. The Kier molecular flexibility index (Phi) is 7.96. The number of rotatable bonds is 9. The first-order chi connectivity index (χ1) is 8.33. The lowest BCUT2D eigenvalue weighted by atomic mass is 10.1. The number of hydrogen-bond acceptors (Lipinski definition) is 4. The van der Waals surface area contributed by atoms with Crippen molar-refractivity contribution in [1.82, 2.24) is 10.6 Å². The molecule has 0 spiro atoms. The lowest BCUT2D eigenvalue weighted by molar-refractivity contribution is -0.125. The van der Waals surface area contributed by atoms with Crippen molar-refractivity contribution >= 4 is 5.91 Å². The van der Waals surface area contributed by atoms with Crippen molar-refractivity contribution in [3.63, 3.8) is 0 Å². The Labute approximate surface area is 103 Å². The Morgan fingerprint density at radius 1 is 1.47 bits per heavy atom. The molecule has 0 bridgehead atoms. The normalized spacial score (nSPS) is 19.5. The van der Waals surface area contributed by atoms with E-state index in [1.807, 2.05) is 0 Å². The van der Waals surface area contributed by atoms with Gasteiger partial charge in [-0.05, 0) is 38.3 Å². The van der Waals surface area contributed by atoms with Crippen LogP contribution >= 0.6 is 0 Å².